The molecule has 2 rings (SSSR count). The molecule has 0 radical (unpaired) electrons. The summed E-state index contributed by atoms with van der Waals surface area (Å²) in [6, 6.07) is 4.60. The number of anilines is 2. The number of amides is 1. The molecule has 0 spiro atoms. The first-order valence-electron chi connectivity index (χ1n) is 8.37. The monoisotopic (exact) mass is 425 g/mol. The number of halogens is 1. The average Bonchev–Trinajstić information content (AvgIpc) is 2.84. The normalized spacial score (nSPS) is 12.0. The summed E-state index contributed by atoms with van der Waals surface area (Å²) in [5.41, 5.74) is 2.41. The van der Waals surface area contributed by atoms with Gasteiger partial charge in [-0.1, -0.05) is 11.6 Å². The minimum absolute atomic E-state index is 0.0912. The van der Waals surface area contributed by atoms with Crippen molar-refractivity contribution in [3.05, 3.63) is 40.7 Å². The molecule has 0 aliphatic rings. The number of nitrogens with zero attached hydrogens (tertiary/aromatic N) is 4. The van der Waals surface area contributed by atoms with Crippen molar-refractivity contribution in [2.75, 3.05) is 38.4 Å². The zero-order chi connectivity index (χ0) is 21.2. The lowest BCUT2D eigenvalue weighted by molar-refractivity contribution is -0.111. The molecule has 152 valence electrons. The van der Waals surface area contributed by atoms with Gasteiger partial charge >= 0.3 is 0 Å². The Hall–Kier alpha value is -2.36. The molecule has 2 aromatic rings. The Bertz CT molecular complexity index is 1030. The molecule has 1 aromatic heterocycles. The van der Waals surface area contributed by atoms with Crippen LogP contribution in [0.4, 0.5) is 11.4 Å². The Balaban J connectivity index is 2.35. The van der Waals surface area contributed by atoms with E-state index in [1.54, 1.807) is 45.1 Å². The highest BCUT2D eigenvalue weighted by molar-refractivity contribution is 7.89. The van der Waals surface area contributed by atoms with E-state index >= 15 is 0 Å². The van der Waals surface area contributed by atoms with Crippen molar-refractivity contribution in [2.24, 2.45) is 7.05 Å². The van der Waals surface area contributed by atoms with Crippen LogP contribution in [0.15, 0.2) is 29.2 Å². The van der Waals surface area contributed by atoms with Gasteiger partial charge in [0.2, 0.25) is 15.9 Å². The molecule has 1 heterocycles. The molecule has 1 N–H and O–H groups in total. The second-order valence-electron chi connectivity index (χ2n) is 6.60. The first-order valence-corrected chi connectivity index (χ1v) is 10.2. The molecule has 0 saturated carbocycles. The lowest BCUT2D eigenvalue weighted by atomic mass is 10.2. The van der Waals surface area contributed by atoms with Crippen molar-refractivity contribution >= 4 is 45.0 Å². The first-order chi connectivity index (χ1) is 12.9. The van der Waals surface area contributed by atoms with Gasteiger partial charge in [-0.2, -0.15) is 5.10 Å². The third kappa shape index (κ3) is 4.54. The molecular weight excluding hydrogens is 402 g/mol. The standard InChI is InChI=1S/C18H24ClN5O3S/c1-12-14(18(19)24(6)21-12)8-10-17(25)20-15-11-13(28(26,27)23(4)5)7-9-16(15)22(2)3/h7-11H,1-6H3,(H,20,25)/b10-8+. The minimum Gasteiger partial charge on any atom is -0.376 e. The summed E-state index contributed by atoms with van der Waals surface area (Å²) < 4.78 is 27.4. The van der Waals surface area contributed by atoms with Gasteiger partial charge in [0.05, 0.1) is 22.0 Å². The number of carbonyl (C=O) groups is 1. The molecule has 0 aliphatic carbocycles. The van der Waals surface area contributed by atoms with Crippen LogP contribution in [-0.2, 0) is 21.9 Å². The average molecular weight is 426 g/mol. The highest BCUT2D eigenvalue weighted by Gasteiger charge is 2.20. The first kappa shape index (κ1) is 21.9. The van der Waals surface area contributed by atoms with E-state index in [4.69, 9.17) is 11.6 Å². The molecule has 0 atom stereocenters. The SMILES string of the molecule is Cc1nn(C)c(Cl)c1/C=C/C(=O)Nc1cc(S(=O)(=O)N(C)C)ccc1N(C)C. The fraction of sp³-hybridized carbons (Fsp3) is 0.333. The highest BCUT2D eigenvalue weighted by atomic mass is 35.5. The Morgan fingerprint density at radius 3 is 2.39 bits per heavy atom. The van der Waals surface area contributed by atoms with Crippen LogP contribution in [0.1, 0.15) is 11.3 Å². The van der Waals surface area contributed by atoms with Crippen LogP contribution < -0.4 is 10.2 Å². The Kier molecular flexibility index (Phi) is 6.53. The van der Waals surface area contributed by atoms with Crippen molar-refractivity contribution in [1.29, 1.82) is 0 Å². The predicted octanol–water partition coefficient (Wildman–Crippen LogP) is 2.35. The number of sulfonamides is 1. The summed E-state index contributed by atoms with van der Waals surface area (Å²) in [6.07, 6.45) is 2.91. The Morgan fingerprint density at radius 1 is 1.25 bits per heavy atom. The third-order valence-corrected chi connectivity index (χ3v) is 6.34. The van der Waals surface area contributed by atoms with Gasteiger partial charge in [0, 0.05) is 46.9 Å². The van der Waals surface area contributed by atoms with Crippen molar-refractivity contribution in [2.45, 2.75) is 11.8 Å². The summed E-state index contributed by atoms with van der Waals surface area (Å²) in [4.78, 5) is 14.3. The molecule has 10 heteroatoms. The van der Waals surface area contributed by atoms with Crippen molar-refractivity contribution < 1.29 is 13.2 Å². The zero-order valence-electron chi connectivity index (χ0n) is 16.7. The van der Waals surface area contributed by atoms with Crippen LogP contribution in [0.25, 0.3) is 6.08 Å². The van der Waals surface area contributed by atoms with Crippen LogP contribution in [0.3, 0.4) is 0 Å². The van der Waals surface area contributed by atoms with Gasteiger partial charge in [-0.15, -0.1) is 0 Å². The second kappa shape index (κ2) is 8.34. The van der Waals surface area contributed by atoms with Gasteiger partial charge in [-0.05, 0) is 31.2 Å². The highest BCUT2D eigenvalue weighted by Crippen LogP contribution is 2.29. The fourth-order valence-electron chi connectivity index (χ4n) is 2.55. The Labute approximate surface area is 170 Å². The van der Waals surface area contributed by atoms with Crippen molar-refractivity contribution in [1.82, 2.24) is 14.1 Å². The quantitative estimate of drug-likeness (QED) is 0.718. The summed E-state index contributed by atoms with van der Waals surface area (Å²) in [5.74, 6) is -0.415. The zero-order valence-corrected chi connectivity index (χ0v) is 18.3. The third-order valence-electron chi connectivity index (χ3n) is 4.08. The van der Waals surface area contributed by atoms with Crippen molar-refractivity contribution in [3.63, 3.8) is 0 Å². The summed E-state index contributed by atoms with van der Waals surface area (Å²) in [7, 11) is 4.61. The summed E-state index contributed by atoms with van der Waals surface area (Å²) in [6.45, 7) is 1.79. The maximum Gasteiger partial charge on any atom is 0.248 e. The number of benzene rings is 1. The molecule has 8 nitrogen and oxygen atoms in total. The van der Waals surface area contributed by atoms with Crippen LogP contribution >= 0.6 is 11.6 Å². The van der Waals surface area contributed by atoms with E-state index in [1.165, 1.54) is 37.0 Å². The molecule has 0 unspecified atom stereocenters. The molecule has 0 fully saturated rings. The van der Waals surface area contributed by atoms with Gasteiger partial charge in [0.25, 0.3) is 0 Å². The molecule has 0 saturated heterocycles. The number of rotatable bonds is 6. The number of nitrogens with one attached hydrogen (secondary N) is 1. The maximum absolute atomic E-state index is 12.4. The number of aryl methyl sites for hydroxylation is 2. The smallest absolute Gasteiger partial charge is 0.248 e. The molecule has 0 bridgehead atoms. The van der Waals surface area contributed by atoms with Crippen LogP contribution in [-0.4, -0.2) is 56.6 Å². The number of hydrogen-bond acceptors (Lipinski definition) is 5. The van der Waals surface area contributed by atoms with Crippen LogP contribution in [0.5, 0.6) is 0 Å². The maximum atomic E-state index is 12.4. The van der Waals surface area contributed by atoms with Gasteiger partial charge in [-0.3, -0.25) is 9.48 Å². The fourth-order valence-corrected chi connectivity index (χ4v) is 3.71. The van der Waals surface area contributed by atoms with E-state index in [9.17, 15) is 13.2 Å². The van der Waals surface area contributed by atoms with Crippen LogP contribution in [0.2, 0.25) is 5.15 Å². The molecule has 1 aromatic carbocycles. The Morgan fingerprint density at radius 2 is 1.89 bits per heavy atom. The minimum atomic E-state index is -3.62. The molecule has 28 heavy (non-hydrogen) atoms. The van der Waals surface area contributed by atoms with E-state index in [-0.39, 0.29) is 4.90 Å². The van der Waals surface area contributed by atoms with Gasteiger partial charge in [-0.25, -0.2) is 12.7 Å². The van der Waals surface area contributed by atoms with Crippen LogP contribution in [0, 0.1) is 6.92 Å². The van der Waals surface area contributed by atoms with Gasteiger partial charge in [0.15, 0.2) is 0 Å². The largest absolute Gasteiger partial charge is 0.376 e. The number of aromatic nitrogens is 2. The van der Waals surface area contributed by atoms with E-state index in [2.05, 4.69) is 10.4 Å². The van der Waals surface area contributed by atoms with E-state index in [0.29, 0.717) is 27.8 Å². The molecule has 0 aliphatic heterocycles. The summed E-state index contributed by atoms with van der Waals surface area (Å²) in [5, 5.41) is 7.35. The van der Waals surface area contributed by atoms with E-state index < -0.39 is 15.9 Å². The van der Waals surface area contributed by atoms with E-state index in [0.717, 1.165) is 4.31 Å². The van der Waals surface area contributed by atoms with Gasteiger partial charge in [0.1, 0.15) is 5.15 Å². The molecule has 1 amide bonds. The number of hydrogen-bond donors (Lipinski definition) is 1. The lowest BCUT2D eigenvalue weighted by Crippen LogP contribution is -2.23. The predicted molar refractivity (Wildman–Crippen MR) is 112 cm³/mol. The van der Waals surface area contributed by atoms with Gasteiger partial charge < -0.3 is 10.2 Å². The summed E-state index contributed by atoms with van der Waals surface area (Å²) >= 11 is 6.16. The lowest BCUT2D eigenvalue weighted by Gasteiger charge is -2.19. The number of carbonyl (C=O) groups excluding carboxylic acids is 1. The molecular formula is C18H24ClN5O3S. The van der Waals surface area contributed by atoms with Crippen molar-refractivity contribution in [3.8, 4) is 0 Å². The second-order valence-corrected chi connectivity index (χ2v) is 9.11. The topological polar surface area (TPSA) is 87.5 Å². The van der Waals surface area contributed by atoms with E-state index in [1.807, 2.05) is 0 Å².